The quantitative estimate of drug-likeness (QED) is 0.831. The summed E-state index contributed by atoms with van der Waals surface area (Å²) in [6, 6.07) is 6.43. The number of carbonyl (C=O) groups excluding carboxylic acids is 1. The monoisotopic (exact) mass is 234 g/mol. The third-order valence-electron chi connectivity index (χ3n) is 2.64. The van der Waals surface area contributed by atoms with Crippen LogP contribution in [0.4, 0.5) is 5.69 Å². The third-order valence-corrected chi connectivity index (χ3v) is 2.64. The summed E-state index contributed by atoms with van der Waals surface area (Å²) in [7, 11) is 0. The lowest BCUT2D eigenvalue weighted by Crippen LogP contribution is -2.26. The zero-order valence-electron chi connectivity index (χ0n) is 10.2. The van der Waals surface area contributed by atoms with Crippen LogP contribution in [0, 0.1) is 0 Å². The van der Waals surface area contributed by atoms with Crippen molar-refractivity contribution in [2.24, 2.45) is 0 Å². The van der Waals surface area contributed by atoms with Crippen molar-refractivity contribution in [3.8, 4) is 5.75 Å². The standard InChI is InChI=1S/C13H18N2O2/c1-9(2)14-6-5-10-3-4-12-11(7-10)15-13(16)8-17-12/h3-4,7,9,14H,5-6,8H2,1-2H3,(H,15,16). The van der Waals surface area contributed by atoms with Crippen LogP contribution in [0.1, 0.15) is 19.4 Å². The van der Waals surface area contributed by atoms with E-state index in [1.54, 1.807) is 0 Å². The Bertz CT molecular complexity index is 416. The Balaban J connectivity index is 2.00. The van der Waals surface area contributed by atoms with Gasteiger partial charge in [-0.3, -0.25) is 4.79 Å². The Hall–Kier alpha value is -1.55. The number of ether oxygens (including phenoxy) is 1. The number of nitrogens with one attached hydrogen (secondary N) is 2. The molecule has 1 amide bonds. The molecule has 92 valence electrons. The maximum atomic E-state index is 11.2. The number of rotatable bonds is 4. The molecule has 1 aromatic rings. The molecule has 0 aliphatic carbocycles. The lowest BCUT2D eigenvalue weighted by Gasteiger charge is -2.18. The molecule has 1 aliphatic rings. The van der Waals surface area contributed by atoms with Crippen LogP contribution in [0.2, 0.25) is 0 Å². The minimum absolute atomic E-state index is 0.0880. The summed E-state index contributed by atoms with van der Waals surface area (Å²) >= 11 is 0. The minimum Gasteiger partial charge on any atom is -0.482 e. The Labute approximate surface area is 101 Å². The molecule has 0 aromatic heterocycles. The first-order valence-electron chi connectivity index (χ1n) is 5.94. The van der Waals surface area contributed by atoms with E-state index < -0.39 is 0 Å². The van der Waals surface area contributed by atoms with Gasteiger partial charge in [-0.05, 0) is 30.7 Å². The van der Waals surface area contributed by atoms with Gasteiger partial charge in [0.2, 0.25) is 0 Å². The molecule has 0 saturated heterocycles. The summed E-state index contributed by atoms with van der Waals surface area (Å²) in [5, 5.41) is 6.18. The van der Waals surface area contributed by atoms with E-state index >= 15 is 0 Å². The van der Waals surface area contributed by atoms with Gasteiger partial charge in [-0.2, -0.15) is 0 Å². The fourth-order valence-corrected chi connectivity index (χ4v) is 1.79. The van der Waals surface area contributed by atoms with Gasteiger partial charge in [0, 0.05) is 6.04 Å². The van der Waals surface area contributed by atoms with E-state index in [-0.39, 0.29) is 12.5 Å². The van der Waals surface area contributed by atoms with E-state index in [9.17, 15) is 4.79 Å². The maximum Gasteiger partial charge on any atom is 0.262 e. The van der Waals surface area contributed by atoms with E-state index in [0.29, 0.717) is 6.04 Å². The molecule has 2 N–H and O–H groups in total. The highest BCUT2D eigenvalue weighted by Crippen LogP contribution is 2.28. The Kier molecular flexibility index (Phi) is 3.64. The first-order chi connectivity index (χ1) is 8.15. The zero-order chi connectivity index (χ0) is 12.3. The van der Waals surface area contributed by atoms with Crippen molar-refractivity contribution < 1.29 is 9.53 Å². The van der Waals surface area contributed by atoms with Gasteiger partial charge in [-0.1, -0.05) is 19.9 Å². The van der Waals surface area contributed by atoms with Gasteiger partial charge in [0.25, 0.3) is 5.91 Å². The van der Waals surface area contributed by atoms with Gasteiger partial charge in [-0.15, -0.1) is 0 Å². The fourth-order valence-electron chi connectivity index (χ4n) is 1.79. The predicted octanol–water partition coefficient (Wildman–Crippen LogP) is 1.56. The van der Waals surface area contributed by atoms with E-state index in [0.717, 1.165) is 24.4 Å². The second kappa shape index (κ2) is 5.19. The van der Waals surface area contributed by atoms with Crippen LogP contribution in [0.15, 0.2) is 18.2 Å². The van der Waals surface area contributed by atoms with Crippen molar-refractivity contribution in [3.05, 3.63) is 23.8 Å². The summed E-state index contributed by atoms with van der Waals surface area (Å²) in [5.74, 6) is 0.667. The maximum absolute atomic E-state index is 11.2. The molecule has 0 unspecified atom stereocenters. The van der Waals surface area contributed by atoms with E-state index in [4.69, 9.17) is 4.74 Å². The molecule has 0 radical (unpaired) electrons. The van der Waals surface area contributed by atoms with Crippen LogP contribution in [0.5, 0.6) is 5.75 Å². The summed E-state index contributed by atoms with van der Waals surface area (Å²) < 4.78 is 5.31. The molecule has 0 fully saturated rings. The average Bonchev–Trinajstić information content (AvgIpc) is 2.28. The summed E-state index contributed by atoms with van der Waals surface area (Å²) in [6.45, 7) is 5.30. The predicted molar refractivity (Wildman–Crippen MR) is 67.4 cm³/mol. The SMILES string of the molecule is CC(C)NCCc1ccc2c(c1)NC(=O)CO2. The summed E-state index contributed by atoms with van der Waals surface area (Å²) in [5.41, 5.74) is 1.98. The smallest absolute Gasteiger partial charge is 0.262 e. The van der Waals surface area contributed by atoms with Crippen molar-refractivity contribution in [1.82, 2.24) is 5.32 Å². The number of hydrogen-bond acceptors (Lipinski definition) is 3. The molecule has 0 spiro atoms. The van der Waals surface area contributed by atoms with Gasteiger partial charge in [-0.25, -0.2) is 0 Å². The average molecular weight is 234 g/mol. The molecule has 17 heavy (non-hydrogen) atoms. The van der Waals surface area contributed by atoms with Gasteiger partial charge >= 0.3 is 0 Å². The third kappa shape index (κ3) is 3.20. The number of benzene rings is 1. The normalized spacial score (nSPS) is 14.2. The van der Waals surface area contributed by atoms with Crippen LogP contribution in [-0.4, -0.2) is 25.1 Å². The molecule has 4 nitrogen and oxygen atoms in total. The molecule has 0 atom stereocenters. The van der Waals surface area contributed by atoms with Gasteiger partial charge in [0.1, 0.15) is 5.75 Å². The highest BCUT2D eigenvalue weighted by atomic mass is 16.5. The molecule has 1 aliphatic heterocycles. The first kappa shape index (κ1) is 11.9. The number of carbonyl (C=O) groups is 1. The number of amides is 1. The molecule has 0 bridgehead atoms. The first-order valence-corrected chi connectivity index (χ1v) is 5.94. The van der Waals surface area contributed by atoms with Crippen molar-refractivity contribution >= 4 is 11.6 Å². The van der Waals surface area contributed by atoms with Crippen molar-refractivity contribution in [1.29, 1.82) is 0 Å². The lowest BCUT2D eigenvalue weighted by atomic mass is 10.1. The molecular formula is C13H18N2O2. The molecule has 1 heterocycles. The van der Waals surface area contributed by atoms with Crippen molar-refractivity contribution in [3.63, 3.8) is 0 Å². The molecular weight excluding hydrogens is 216 g/mol. The van der Waals surface area contributed by atoms with Crippen molar-refractivity contribution in [2.45, 2.75) is 26.3 Å². The van der Waals surface area contributed by atoms with Crippen LogP contribution in [-0.2, 0) is 11.2 Å². The number of fused-ring (bicyclic) bond motifs is 1. The Morgan fingerprint density at radius 3 is 3.06 bits per heavy atom. The summed E-state index contributed by atoms with van der Waals surface area (Å²) in [4.78, 5) is 11.2. The largest absolute Gasteiger partial charge is 0.482 e. The zero-order valence-corrected chi connectivity index (χ0v) is 10.2. The molecule has 2 rings (SSSR count). The van der Waals surface area contributed by atoms with E-state index in [1.165, 1.54) is 5.56 Å². The van der Waals surface area contributed by atoms with Crippen molar-refractivity contribution in [2.75, 3.05) is 18.5 Å². The van der Waals surface area contributed by atoms with Crippen LogP contribution >= 0.6 is 0 Å². The molecule has 1 aromatic carbocycles. The molecule has 0 saturated carbocycles. The minimum atomic E-state index is -0.0880. The summed E-state index contributed by atoms with van der Waals surface area (Å²) in [6.07, 6.45) is 0.946. The second-order valence-electron chi connectivity index (χ2n) is 4.53. The Morgan fingerprint density at radius 2 is 2.29 bits per heavy atom. The highest BCUT2D eigenvalue weighted by molar-refractivity contribution is 5.95. The Morgan fingerprint density at radius 1 is 1.47 bits per heavy atom. The van der Waals surface area contributed by atoms with Gasteiger partial charge in [0.15, 0.2) is 6.61 Å². The topological polar surface area (TPSA) is 50.4 Å². The fraction of sp³-hybridized carbons (Fsp3) is 0.462. The van der Waals surface area contributed by atoms with E-state index in [2.05, 4.69) is 24.5 Å². The lowest BCUT2D eigenvalue weighted by molar-refractivity contribution is -0.118. The van der Waals surface area contributed by atoms with Gasteiger partial charge < -0.3 is 15.4 Å². The number of anilines is 1. The van der Waals surface area contributed by atoms with Crippen LogP contribution < -0.4 is 15.4 Å². The number of hydrogen-bond donors (Lipinski definition) is 2. The highest BCUT2D eigenvalue weighted by Gasteiger charge is 2.15. The van der Waals surface area contributed by atoms with Gasteiger partial charge in [0.05, 0.1) is 5.69 Å². The second-order valence-corrected chi connectivity index (χ2v) is 4.53. The van der Waals surface area contributed by atoms with Crippen LogP contribution in [0.25, 0.3) is 0 Å². The van der Waals surface area contributed by atoms with E-state index in [1.807, 2.05) is 18.2 Å². The van der Waals surface area contributed by atoms with Crippen LogP contribution in [0.3, 0.4) is 0 Å². The molecule has 4 heteroatoms.